The third kappa shape index (κ3) is 3.66. The lowest BCUT2D eigenvalue weighted by Crippen LogP contribution is -2.37. The van der Waals surface area contributed by atoms with Crippen molar-refractivity contribution in [3.63, 3.8) is 0 Å². The van der Waals surface area contributed by atoms with Gasteiger partial charge in [-0.3, -0.25) is 4.90 Å². The van der Waals surface area contributed by atoms with Gasteiger partial charge in [-0.25, -0.2) is 4.39 Å². The molecule has 23 heavy (non-hydrogen) atoms. The number of benzene rings is 2. The molecule has 0 amide bonds. The van der Waals surface area contributed by atoms with Gasteiger partial charge in [-0.1, -0.05) is 35.9 Å². The summed E-state index contributed by atoms with van der Waals surface area (Å²) in [6.45, 7) is 4.51. The van der Waals surface area contributed by atoms with Gasteiger partial charge in [0.15, 0.2) is 0 Å². The molecule has 2 aromatic rings. The lowest BCUT2D eigenvalue weighted by atomic mass is 10.0. The highest BCUT2D eigenvalue weighted by atomic mass is 35.5. The highest BCUT2D eigenvalue weighted by Crippen LogP contribution is 2.30. The lowest BCUT2D eigenvalue weighted by molar-refractivity contribution is -0.0329. The van der Waals surface area contributed by atoms with Gasteiger partial charge in [0, 0.05) is 19.6 Å². The van der Waals surface area contributed by atoms with Gasteiger partial charge in [0.05, 0.1) is 17.7 Å². The third-order valence-electron chi connectivity index (χ3n) is 4.16. The first kappa shape index (κ1) is 16.2. The Morgan fingerprint density at radius 3 is 2.96 bits per heavy atom. The van der Waals surface area contributed by atoms with Crippen molar-refractivity contribution in [2.75, 3.05) is 19.7 Å². The summed E-state index contributed by atoms with van der Waals surface area (Å²) in [5.74, 6) is -0.101. The van der Waals surface area contributed by atoms with E-state index in [9.17, 15) is 9.50 Å². The lowest BCUT2D eigenvalue weighted by Gasteiger charge is -2.33. The van der Waals surface area contributed by atoms with Crippen molar-refractivity contribution in [3.8, 4) is 5.75 Å². The van der Waals surface area contributed by atoms with E-state index < -0.39 is 0 Å². The number of phenolic OH excluding ortho intramolecular Hbond substituents is 1. The molecule has 1 atom stereocenters. The van der Waals surface area contributed by atoms with Crippen LogP contribution in [-0.2, 0) is 11.3 Å². The maximum atomic E-state index is 13.4. The number of nitrogens with zero attached hydrogens (tertiary/aromatic N) is 1. The predicted octanol–water partition coefficient (Wildman–Crippen LogP) is 4.07. The summed E-state index contributed by atoms with van der Waals surface area (Å²) in [5, 5.41) is 10.1. The zero-order valence-electron chi connectivity index (χ0n) is 12.9. The van der Waals surface area contributed by atoms with E-state index in [1.807, 2.05) is 12.1 Å². The van der Waals surface area contributed by atoms with Gasteiger partial charge >= 0.3 is 0 Å². The van der Waals surface area contributed by atoms with E-state index in [1.54, 1.807) is 25.1 Å². The molecule has 0 aromatic heterocycles. The van der Waals surface area contributed by atoms with E-state index in [0.717, 1.165) is 17.7 Å². The monoisotopic (exact) mass is 335 g/mol. The Hall–Kier alpha value is -1.62. The van der Waals surface area contributed by atoms with Crippen LogP contribution >= 0.6 is 11.6 Å². The van der Waals surface area contributed by atoms with Crippen LogP contribution in [-0.4, -0.2) is 29.7 Å². The van der Waals surface area contributed by atoms with Gasteiger partial charge in [-0.2, -0.15) is 0 Å². The number of ether oxygens (including phenoxy) is 1. The van der Waals surface area contributed by atoms with Crippen LogP contribution < -0.4 is 0 Å². The fourth-order valence-electron chi connectivity index (χ4n) is 2.85. The van der Waals surface area contributed by atoms with Crippen molar-refractivity contribution in [2.45, 2.75) is 19.6 Å². The van der Waals surface area contributed by atoms with Crippen molar-refractivity contribution < 1.29 is 14.2 Å². The smallest absolute Gasteiger partial charge is 0.134 e. The SMILES string of the molecule is Cc1cc(C2CN(Cc3cccc(O)c3Cl)CCO2)ccc1F. The average Bonchev–Trinajstić information content (AvgIpc) is 2.55. The molecule has 0 aliphatic carbocycles. The van der Waals surface area contributed by atoms with Crippen molar-refractivity contribution in [3.05, 3.63) is 63.9 Å². The molecule has 1 heterocycles. The molecular weight excluding hydrogens is 317 g/mol. The quantitative estimate of drug-likeness (QED) is 0.918. The number of aryl methyl sites for hydroxylation is 1. The zero-order chi connectivity index (χ0) is 16.4. The van der Waals surface area contributed by atoms with Crippen LogP contribution in [0.4, 0.5) is 4.39 Å². The van der Waals surface area contributed by atoms with Gasteiger partial charge < -0.3 is 9.84 Å². The average molecular weight is 336 g/mol. The third-order valence-corrected chi connectivity index (χ3v) is 4.59. The Labute approximate surface area is 140 Å². The molecule has 1 aliphatic heterocycles. The highest BCUT2D eigenvalue weighted by molar-refractivity contribution is 6.32. The molecule has 0 radical (unpaired) electrons. The standard InChI is InChI=1S/C18H19ClFNO2/c1-12-9-13(5-6-15(12)20)17-11-21(7-8-23-17)10-14-3-2-4-16(22)18(14)19/h2-6,9,17,22H,7-8,10-11H2,1H3. The van der Waals surface area contributed by atoms with Crippen LogP contribution in [0, 0.1) is 12.7 Å². The zero-order valence-corrected chi connectivity index (χ0v) is 13.7. The van der Waals surface area contributed by atoms with Crippen molar-refractivity contribution in [2.24, 2.45) is 0 Å². The van der Waals surface area contributed by atoms with Crippen LogP contribution in [0.5, 0.6) is 5.75 Å². The predicted molar refractivity (Wildman–Crippen MR) is 88.2 cm³/mol. The van der Waals surface area contributed by atoms with E-state index in [2.05, 4.69) is 4.90 Å². The second kappa shape index (κ2) is 6.87. The summed E-state index contributed by atoms with van der Waals surface area (Å²) in [5.41, 5.74) is 2.50. The number of hydrogen-bond donors (Lipinski definition) is 1. The van der Waals surface area contributed by atoms with Crippen LogP contribution in [0.1, 0.15) is 22.8 Å². The molecule has 0 saturated carbocycles. The summed E-state index contributed by atoms with van der Waals surface area (Å²) in [6, 6.07) is 10.4. The largest absolute Gasteiger partial charge is 0.506 e. The van der Waals surface area contributed by atoms with Gasteiger partial charge in [0.2, 0.25) is 0 Å². The maximum absolute atomic E-state index is 13.4. The number of halogens is 2. The normalized spacial score (nSPS) is 19.0. The second-order valence-corrected chi connectivity index (χ2v) is 6.23. The minimum Gasteiger partial charge on any atom is -0.506 e. The Morgan fingerprint density at radius 1 is 1.35 bits per heavy atom. The molecule has 1 N–H and O–H groups in total. The molecule has 3 nitrogen and oxygen atoms in total. The summed E-state index contributed by atoms with van der Waals surface area (Å²) in [4.78, 5) is 2.23. The molecule has 1 fully saturated rings. The first-order chi connectivity index (χ1) is 11.0. The van der Waals surface area contributed by atoms with Crippen LogP contribution in [0.15, 0.2) is 36.4 Å². The summed E-state index contributed by atoms with van der Waals surface area (Å²) >= 11 is 6.15. The molecule has 0 spiro atoms. The summed E-state index contributed by atoms with van der Waals surface area (Å²) in [6.07, 6.45) is -0.0841. The van der Waals surface area contributed by atoms with E-state index in [-0.39, 0.29) is 17.7 Å². The maximum Gasteiger partial charge on any atom is 0.134 e. The fourth-order valence-corrected chi connectivity index (χ4v) is 3.03. The molecule has 5 heteroatoms. The molecule has 0 bridgehead atoms. The topological polar surface area (TPSA) is 32.7 Å². The van der Waals surface area contributed by atoms with E-state index in [4.69, 9.17) is 16.3 Å². The molecule has 1 saturated heterocycles. The molecule has 122 valence electrons. The van der Waals surface area contributed by atoms with Crippen molar-refractivity contribution >= 4 is 11.6 Å². The van der Waals surface area contributed by atoms with Crippen LogP contribution in [0.3, 0.4) is 0 Å². The fraction of sp³-hybridized carbons (Fsp3) is 0.333. The molecule has 2 aromatic carbocycles. The van der Waals surface area contributed by atoms with Gasteiger partial charge in [0.25, 0.3) is 0 Å². The minimum absolute atomic E-state index is 0.0841. The van der Waals surface area contributed by atoms with Crippen molar-refractivity contribution in [1.29, 1.82) is 0 Å². The van der Waals surface area contributed by atoms with Crippen molar-refractivity contribution in [1.82, 2.24) is 4.90 Å². The van der Waals surface area contributed by atoms with Gasteiger partial charge in [-0.05, 0) is 35.7 Å². The Bertz CT molecular complexity index is 707. The summed E-state index contributed by atoms with van der Waals surface area (Å²) < 4.78 is 19.3. The highest BCUT2D eigenvalue weighted by Gasteiger charge is 2.23. The van der Waals surface area contributed by atoms with Crippen LogP contribution in [0.2, 0.25) is 5.02 Å². The summed E-state index contributed by atoms with van der Waals surface area (Å²) in [7, 11) is 0. The number of phenols is 1. The minimum atomic E-state index is -0.201. The molecule has 1 unspecified atom stereocenters. The van der Waals surface area contributed by atoms with Crippen LogP contribution in [0.25, 0.3) is 0 Å². The van der Waals surface area contributed by atoms with E-state index in [1.165, 1.54) is 6.07 Å². The number of rotatable bonds is 3. The first-order valence-electron chi connectivity index (χ1n) is 7.61. The van der Waals surface area contributed by atoms with E-state index >= 15 is 0 Å². The van der Waals surface area contributed by atoms with Gasteiger partial charge in [0.1, 0.15) is 11.6 Å². The molecule has 3 rings (SSSR count). The first-order valence-corrected chi connectivity index (χ1v) is 7.99. The second-order valence-electron chi connectivity index (χ2n) is 5.85. The number of morpholine rings is 1. The Kier molecular flexibility index (Phi) is 4.85. The molecule has 1 aliphatic rings. The Morgan fingerprint density at radius 2 is 2.17 bits per heavy atom. The number of hydrogen-bond acceptors (Lipinski definition) is 3. The number of aromatic hydroxyl groups is 1. The van der Waals surface area contributed by atoms with Gasteiger partial charge in [-0.15, -0.1) is 0 Å². The Balaban J connectivity index is 1.73. The molecular formula is C18H19ClFNO2. The van der Waals surface area contributed by atoms with E-state index in [0.29, 0.717) is 30.3 Å².